The number of nitrogens with one attached hydrogen (secondary N) is 1. The van der Waals surface area contributed by atoms with Crippen molar-refractivity contribution in [1.82, 2.24) is 15.2 Å². The van der Waals surface area contributed by atoms with Gasteiger partial charge in [0.25, 0.3) is 0 Å². The monoisotopic (exact) mass is 211 g/mol. The molecule has 1 saturated heterocycles. The Kier molecular flexibility index (Phi) is 3.50. The van der Waals surface area contributed by atoms with Crippen LogP contribution in [0, 0.1) is 0 Å². The van der Waals surface area contributed by atoms with E-state index >= 15 is 0 Å². The minimum Gasteiger partial charge on any atom is -0.308 e. The van der Waals surface area contributed by atoms with Crippen molar-refractivity contribution in [3.63, 3.8) is 0 Å². The number of hydrogen-bond donors (Lipinski definition) is 1. The predicted octanol–water partition coefficient (Wildman–Crippen LogP) is 1.33. The van der Waals surface area contributed by atoms with Gasteiger partial charge < -0.3 is 10.2 Å². The van der Waals surface area contributed by atoms with Gasteiger partial charge >= 0.3 is 0 Å². The number of nitrogens with zero attached hydrogens (tertiary/aromatic N) is 2. The first kappa shape index (κ1) is 10.1. The fourth-order valence-electron chi connectivity index (χ4n) is 1.78. The maximum absolute atomic E-state index is 4.26. The molecule has 1 aliphatic heterocycles. The number of likely N-dealkylation sites (tertiary alicyclic amines) is 1. The molecule has 0 radical (unpaired) electrons. The van der Waals surface area contributed by atoms with Gasteiger partial charge in [-0.2, -0.15) is 0 Å². The van der Waals surface area contributed by atoms with E-state index in [0.29, 0.717) is 6.04 Å². The highest BCUT2D eigenvalue weighted by Gasteiger charge is 2.15. The van der Waals surface area contributed by atoms with Crippen LogP contribution >= 0.6 is 11.3 Å². The van der Waals surface area contributed by atoms with Gasteiger partial charge in [-0.15, -0.1) is 11.3 Å². The lowest BCUT2D eigenvalue weighted by molar-refractivity contribution is 0.234. The maximum atomic E-state index is 4.26. The molecule has 0 atom stereocenters. The molecule has 2 heterocycles. The van der Waals surface area contributed by atoms with Crippen molar-refractivity contribution in [2.75, 3.05) is 20.1 Å². The van der Waals surface area contributed by atoms with Crippen molar-refractivity contribution in [3.05, 3.63) is 16.6 Å². The lowest BCUT2D eigenvalue weighted by Gasteiger charge is -2.29. The van der Waals surface area contributed by atoms with Crippen LogP contribution in [0.5, 0.6) is 0 Å². The van der Waals surface area contributed by atoms with Crippen LogP contribution in [0.1, 0.15) is 17.8 Å². The molecule has 1 aromatic heterocycles. The molecule has 78 valence electrons. The molecule has 0 unspecified atom stereocenters. The summed E-state index contributed by atoms with van der Waals surface area (Å²) in [7, 11) is 2.19. The summed E-state index contributed by atoms with van der Waals surface area (Å²) in [5, 5.41) is 6.80. The molecule has 3 nitrogen and oxygen atoms in total. The normalized spacial score (nSPS) is 20.1. The van der Waals surface area contributed by atoms with Crippen LogP contribution in [0.4, 0.5) is 0 Å². The molecule has 1 N–H and O–H groups in total. The Morgan fingerprint density at radius 3 is 3.00 bits per heavy atom. The topological polar surface area (TPSA) is 28.2 Å². The molecule has 2 rings (SSSR count). The summed E-state index contributed by atoms with van der Waals surface area (Å²) in [5.41, 5.74) is 0. The van der Waals surface area contributed by atoms with Crippen LogP contribution < -0.4 is 5.32 Å². The second-order valence-corrected chi connectivity index (χ2v) is 4.86. The van der Waals surface area contributed by atoms with Crippen molar-refractivity contribution < 1.29 is 0 Å². The van der Waals surface area contributed by atoms with Crippen LogP contribution in [0.2, 0.25) is 0 Å². The third-order valence-corrected chi connectivity index (χ3v) is 3.52. The van der Waals surface area contributed by atoms with Gasteiger partial charge in [-0.3, -0.25) is 0 Å². The number of thiazole rings is 1. The summed E-state index contributed by atoms with van der Waals surface area (Å²) >= 11 is 1.73. The highest BCUT2D eigenvalue weighted by atomic mass is 32.1. The van der Waals surface area contributed by atoms with Crippen LogP contribution in [-0.4, -0.2) is 36.1 Å². The Labute approximate surface area is 89.1 Å². The largest absolute Gasteiger partial charge is 0.308 e. The summed E-state index contributed by atoms with van der Waals surface area (Å²) in [6.45, 7) is 3.37. The summed E-state index contributed by atoms with van der Waals surface area (Å²) in [5.74, 6) is 0. The highest BCUT2D eigenvalue weighted by Crippen LogP contribution is 2.10. The first-order chi connectivity index (χ1) is 6.84. The number of piperidine rings is 1. The van der Waals surface area contributed by atoms with Gasteiger partial charge in [0.05, 0.1) is 0 Å². The number of hydrogen-bond acceptors (Lipinski definition) is 4. The molecule has 1 aliphatic rings. The van der Waals surface area contributed by atoms with E-state index in [-0.39, 0.29) is 0 Å². The summed E-state index contributed by atoms with van der Waals surface area (Å²) in [6.07, 6.45) is 4.40. The molecule has 4 heteroatoms. The Morgan fingerprint density at radius 1 is 1.57 bits per heavy atom. The maximum Gasteiger partial charge on any atom is 0.106 e. The van der Waals surface area contributed by atoms with E-state index in [2.05, 4.69) is 22.2 Å². The van der Waals surface area contributed by atoms with Crippen LogP contribution in [-0.2, 0) is 6.54 Å². The van der Waals surface area contributed by atoms with E-state index in [4.69, 9.17) is 0 Å². The molecule has 0 aromatic carbocycles. The molecular weight excluding hydrogens is 194 g/mol. The van der Waals surface area contributed by atoms with Gasteiger partial charge in [0.2, 0.25) is 0 Å². The van der Waals surface area contributed by atoms with E-state index in [1.807, 2.05) is 11.6 Å². The molecule has 0 bridgehead atoms. The number of rotatable bonds is 3. The van der Waals surface area contributed by atoms with Crippen LogP contribution in [0.3, 0.4) is 0 Å². The molecule has 0 saturated carbocycles. The Balaban J connectivity index is 1.71. The quantitative estimate of drug-likeness (QED) is 0.817. The zero-order valence-corrected chi connectivity index (χ0v) is 9.39. The van der Waals surface area contributed by atoms with Crippen molar-refractivity contribution in [2.24, 2.45) is 0 Å². The lowest BCUT2D eigenvalue weighted by atomic mass is 10.1. The first-order valence-corrected chi connectivity index (χ1v) is 6.03. The SMILES string of the molecule is CN1CCC(NCc2nccs2)CC1. The van der Waals surface area contributed by atoms with Gasteiger partial charge in [0, 0.05) is 24.2 Å². The van der Waals surface area contributed by atoms with Crippen LogP contribution in [0.15, 0.2) is 11.6 Å². The standard InChI is InChI=1S/C10H17N3S/c1-13-5-2-9(3-6-13)12-8-10-11-4-7-14-10/h4,7,9,12H,2-3,5-6,8H2,1H3. The molecule has 1 aromatic rings. The third kappa shape index (κ3) is 2.77. The van der Waals surface area contributed by atoms with Gasteiger partial charge in [-0.05, 0) is 33.0 Å². The van der Waals surface area contributed by atoms with Crippen molar-refractivity contribution in [3.8, 4) is 0 Å². The molecular formula is C10H17N3S. The zero-order chi connectivity index (χ0) is 9.80. The second kappa shape index (κ2) is 4.87. The predicted molar refractivity (Wildman–Crippen MR) is 59.5 cm³/mol. The van der Waals surface area contributed by atoms with Gasteiger partial charge in [-0.25, -0.2) is 4.98 Å². The van der Waals surface area contributed by atoms with E-state index in [9.17, 15) is 0 Å². The van der Waals surface area contributed by atoms with Gasteiger partial charge in [0.1, 0.15) is 5.01 Å². The molecule has 14 heavy (non-hydrogen) atoms. The van der Waals surface area contributed by atoms with Gasteiger partial charge in [0.15, 0.2) is 0 Å². The van der Waals surface area contributed by atoms with Gasteiger partial charge in [-0.1, -0.05) is 0 Å². The Morgan fingerprint density at radius 2 is 2.36 bits per heavy atom. The lowest BCUT2D eigenvalue weighted by Crippen LogP contribution is -2.40. The second-order valence-electron chi connectivity index (χ2n) is 3.88. The first-order valence-electron chi connectivity index (χ1n) is 5.15. The fraction of sp³-hybridized carbons (Fsp3) is 0.700. The Bertz CT molecular complexity index is 252. The fourth-order valence-corrected chi connectivity index (χ4v) is 2.35. The average Bonchev–Trinajstić information content (AvgIpc) is 2.70. The third-order valence-electron chi connectivity index (χ3n) is 2.74. The van der Waals surface area contributed by atoms with E-state index in [1.165, 1.54) is 30.9 Å². The summed E-state index contributed by atoms with van der Waals surface area (Å²) in [4.78, 5) is 6.65. The van der Waals surface area contributed by atoms with Crippen molar-refractivity contribution in [1.29, 1.82) is 0 Å². The van der Waals surface area contributed by atoms with E-state index in [1.54, 1.807) is 11.3 Å². The summed E-state index contributed by atoms with van der Waals surface area (Å²) in [6, 6.07) is 0.690. The minimum absolute atomic E-state index is 0.690. The van der Waals surface area contributed by atoms with Crippen molar-refractivity contribution in [2.45, 2.75) is 25.4 Å². The highest BCUT2D eigenvalue weighted by molar-refractivity contribution is 7.09. The minimum atomic E-state index is 0.690. The zero-order valence-electron chi connectivity index (χ0n) is 8.57. The molecule has 0 aliphatic carbocycles. The molecule has 0 amide bonds. The molecule has 0 spiro atoms. The van der Waals surface area contributed by atoms with E-state index < -0.39 is 0 Å². The summed E-state index contributed by atoms with van der Waals surface area (Å²) < 4.78 is 0. The van der Waals surface area contributed by atoms with Crippen molar-refractivity contribution >= 4 is 11.3 Å². The Hall–Kier alpha value is -0.450. The average molecular weight is 211 g/mol. The number of aromatic nitrogens is 1. The van der Waals surface area contributed by atoms with E-state index in [0.717, 1.165) is 6.54 Å². The molecule has 1 fully saturated rings. The smallest absolute Gasteiger partial charge is 0.106 e. The van der Waals surface area contributed by atoms with Crippen LogP contribution in [0.25, 0.3) is 0 Å².